The predicted octanol–water partition coefficient (Wildman–Crippen LogP) is 3.34. The first kappa shape index (κ1) is 10.9. The number of hydrogen-bond donors (Lipinski definition) is 0. The van der Waals surface area contributed by atoms with Crippen LogP contribution in [0.2, 0.25) is 0 Å². The lowest BCUT2D eigenvalue weighted by Gasteiger charge is -2.18. The van der Waals surface area contributed by atoms with E-state index in [9.17, 15) is 0 Å². The van der Waals surface area contributed by atoms with Gasteiger partial charge in [-0.3, -0.25) is 4.98 Å². The van der Waals surface area contributed by atoms with Gasteiger partial charge in [0, 0.05) is 11.8 Å². The van der Waals surface area contributed by atoms with Crippen LogP contribution in [0.4, 0.5) is 0 Å². The minimum absolute atomic E-state index is 0.0109. The van der Waals surface area contributed by atoms with Gasteiger partial charge in [-0.1, -0.05) is 32.0 Å². The Bertz CT molecular complexity index is 480. The molecule has 2 aromatic rings. The highest BCUT2D eigenvalue weighted by Crippen LogP contribution is 2.33. The summed E-state index contributed by atoms with van der Waals surface area (Å²) in [5.41, 5.74) is 2.86. The van der Waals surface area contributed by atoms with E-state index in [-0.39, 0.29) is 5.41 Å². The first-order chi connectivity index (χ1) is 7.50. The molecule has 0 atom stereocenters. The van der Waals surface area contributed by atoms with Gasteiger partial charge in [-0.05, 0) is 24.5 Å². The van der Waals surface area contributed by atoms with Gasteiger partial charge in [-0.15, -0.1) is 0 Å². The minimum atomic E-state index is 0.0109. The molecule has 2 aromatic heterocycles. The zero-order chi connectivity index (χ0) is 11.8. The summed E-state index contributed by atoms with van der Waals surface area (Å²) in [5, 5.41) is 4.11. The van der Waals surface area contributed by atoms with Crippen LogP contribution in [0.1, 0.15) is 32.1 Å². The zero-order valence-corrected chi connectivity index (χ0v) is 10.1. The third kappa shape index (κ3) is 1.85. The van der Waals surface area contributed by atoms with E-state index in [0.29, 0.717) is 0 Å². The minimum Gasteiger partial charge on any atom is -0.361 e. The van der Waals surface area contributed by atoms with E-state index >= 15 is 0 Å². The van der Waals surface area contributed by atoms with Crippen molar-refractivity contribution in [1.82, 2.24) is 10.1 Å². The van der Waals surface area contributed by atoms with Crippen LogP contribution in [-0.4, -0.2) is 10.1 Å². The maximum atomic E-state index is 5.29. The van der Waals surface area contributed by atoms with Gasteiger partial charge in [-0.2, -0.15) is 0 Å². The van der Waals surface area contributed by atoms with E-state index in [4.69, 9.17) is 4.52 Å². The van der Waals surface area contributed by atoms with Crippen molar-refractivity contribution in [2.45, 2.75) is 33.1 Å². The fourth-order valence-corrected chi connectivity index (χ4v) is 1.93. The Morgan fingerprint density at radius 1 is 1.19 bits per heavy atom. The Labute approximate surface area is 95.5 Å². The van der Waals surface area contributed by atoms with Crippen molar-refractivity contribution in [2.24, 2.45) is 0 Å². The summed E-state index contributed by atoms with van der Waals surface area (Å²) in [6.07, 6.45) is 1.77. The molecule has 0 saturated heterocycles. The maximum Gasteiger partial charge on any atom is 0.138 e. The molecule has 2 heterocycles. The molecule has 16 heavy (non-hydrogen) atoms. The van der Waals surface area contributed by atoms with Crippen LogP contribution >= 0.6 is 0 Å². The summed E-state index contributed by atoms with van der Waals surface area (Å²) in [4.78, 5) is 4.31. The van der Waals surface area contributed by atoms with E-state index in [1.54, 1.807) is 6.20 Å². The standard InChI is InChI=1S/C13H16N2O/c1-9-11(13(2,3)4)12(15-16-9)10-7-5-6-8-14-10/h5-8H,1-4H3. The number of rotatable bonds is 1. The average Bonchev–Trinajstić information content (AvgIpc) is 2.61. The lowest BCUT2D eigenvalue weighted by atomic mass is 9.85. The summed E-state index contributed by atoms with van der Waals surface area (Å²) in [6, 6.07) is 5.80. The highest BCUT2D eigenvalue weighted by molar-refractivity contribution is 5.60. The topological polar surface area (TPSA) is 38.9 Å². The molecule has 0 unspecified atom stereocenters. The van der Waals surface area contributed by atoms with Gasteiger partial charge >= 0.3 is 0 Å². The highest BCUT2D eigenvalue weighted by Gasteiger charge is 2.26. The smallest absolute Gasteiger partial charge is 0.138 e. The number of hydrogen-bond acceptors (Lipinski definition) is 3. The molecule has 0 aromatic carbocycles. The number of aryl methyl sites for hydroxylation is 1. The van der Waals surface area contributed by atoms with Crippen molar-refractivity contribution in [3.05, 3.63) is 35.7 Å². The van der Waals surface area contributed by atoms with Crippen molar-refractivity contribution < 1.29 is 4.52 Å². The van der Waals surface area contributed by atoms with Crippen LogP contribution in [0.3, 0.4) is 0 Å². The molecule has 0 bridgehead atoms. The normalized spacial score (nSPS) is 11.8. The quantitative estimate of drug-likeness (QED) is 0.733. The molecule has 0 aliphatic heterocycles. The van der Waals surface area contributed by atoms with Crippen LogP contribution in [0.25, 0.3) is 11.4 Å². The van der Waals surface area contributed by atoms with Gasteiger partial charge in [0.2, 0.25) is 0 Å². The Morgan fingerprint density at radius 2 is 1.94 bits per heavy atom. The molecular weight excluding hydrogens is 200 g/mol. The van der Waals surface area contributed by atoms with Crippen LogP contribution in [-0.2, 0) is 5.41 Å². The molecule has 3 heteroatoms. The Hall–Kier alpha value is -1.64. The summed E-state index contributed by atoms with van der Waals surface area (Å²) < 4.78 is 5.29. The number of pyridine rings is 1. The van der Waals surface area contributed by atoms with E-state index in [1.165, 1.54) is 0 Å². The molecule has 0 saturated carbocycles. The van der Waals surface area contributed by atoms with Gasteiger partial charge in [0.15, 0.2) is 0 Å². The van der Waals surface area contributed by atoms with Gasteiger partial charge in [0.05, 0.1) is 5.69 Å². The van der Waals surface area contributed by atoms with Crippen LogP contribution in [0.5, 0.6) is 0 Å². The Kier molecular flexibility index (Phi) is 2.54. The molecule has 84 valence electrons. The number of nitrogens with zero attached hydrogens (tertiary/aromatic N) is 2. The fraction of sp³-hybridized carbons (Fsp3) is 0.385. The molecule has 0 radical (unpaired) electrons. The van der Waals surface area contributed by atoms with Crippen molar-refractivity contribution in [1.29, 1.82) is 0 Å². The van der Waals surface area contributed by atoms with Gasteiger partial charge < -0.3 is 4.52 Å². The van der Waals surface area contributed by atoms with Crippen LogP contribution < -0.4 is 0 Å². The summed E-state index contributed by atoms with van der Waals surface area (Å²) in [6.45, 7) is 8.40. The first-order valence-electron chi connectivity index (χ1n) is 5.38. The molecule has 0 amide bonds. The summed E-state index contributed by atoms with van der Waals surface area (Å²) in [5.74, 6) is 0.869. The second-order valence-corrected chi connectivity index (χ2v) is 4.93. The lowest BCUT2D eigenvalue weighted by Crippen LogP contribution is -2.13. The summed E-state index contributed by atoms with van der Waals surface area (Å²) >= 11 is 0. The molecule has 2 rings (SSSR count). The maximum absolute atomic E-state index is 5.29. The largest absolute Gasteiger partial charge is 0.361 e. The molecule has 0 spiro atoms. The average molecular weight is 216 g/mol. The highest BCUT2D eigenvalue weighted by atomic mass is 16.5. The third-order valence-electron chi connectivity index (χ3n) is 2.52. The van der Waals surface area contributed by atoms with E-state index in [0.717, 1.165) is 22.7 Å². The molecule has 0 aliphatic carbocycles. The van der Waals surface area contributed by atoms with Gasteiger partial charge in [-0.25, -0.2) is 0 Å². The van der Waals surface area contributed by atoms with E-state index in [2.05, 4.69) is 30.9 Å². The Morgan fingerprint density at radius 3 is 2.50 bits per heavy atom. The van der Waals surface area contributed by atoms with Crippen molar-refractivity contribution >= 4 is 0 Å². The van der Waals surface area contributed by atoms with E-state index in [1.807, 2.05) is 25.1 Å². The fourth-order valence-electron chi connectivity index (χ4n) is 1.93. The van der Waals surface area contributed by atoms with Crippen molar-refractivity contribution in [3.63, 3.8) is 0 Å². The first-order valence-corrected chi connectivity index (χ1v) is 5.38. The van der Waals surface area contributed by atoms with Crippen molar-refractivity contribution in [3.8, 4) is 11.4 Å². The molecule has 0 aliphatic rings. The van der Waals surface area contributed by atoms with Gasteiger partial charge in [0.25, 0.3) is 0 Å². The van der Waals surface area contributed by atoms with Crippen LogP contribution in [0, 0.1) is 6.92 Å². The third-order valence-corrected chi connectivity index (χ3v) is 2.52. The second kappa shape index (κ2) is 3.74. The molecule has 0 fully saturated rings. The lowest BCUT2D eigenvalue weighted by molar-refractivity contribution is 0.394. The number of aromatic nitrogens is 2. The predicted molar refractivity (Wildman–Crippen MR) is 63.2 cm³/mol. The Balaban J connectivity index is 2.60. The second-order valence-electron chi connectivity index (χ2n) is 4.93. The zero-order valence-electron chi connectivity index (χ0n) is 10.1. The molecule has 3 nitrogen and oxygen atoms in total. The van der Waals surface area contributed by atoms with Gasteiger partial charge in [0.1, 0.15) is 11.5 Å². The van der Waals surface area contributed by atoms with Crippen molar-refractivity contribution in [2.75, 3.05) is 0 Å². The molecule has 0 N–H and O–H groups in total. The molecular formula is C13H16N2O. The summed E-state index contributed by atoms with van der Waals surface area (Å²) in [7, 11) is 0. The SMILES string of the molecule is Cc1onc(-c2ccccn2)c1C(C)(C)C. The monoisotopic (exact) mass is 216 g/mol. The van der Waals surface area contributed by atoms with E-state index < -0.39 is 0 Å². The van der Waals surface area contributed by atoms with Crippen LogP contribution in [0.15, 0.2) is 28.9 Å².